The number of benzene rings is 1. The van der Waals surface area contributed by atoms with Crippen LogP contribution in [0.5, 0.6) is 0 Å². The van der Waals surface area contributed by atoms with Gasteiger partial charge in [-0.05, 0) is 12.1 Å². The van der Waals surface area contributed by atoms with Crippen molar-refractivity contribution < 1.29 is 13.5 Å². The number of hydrogen-bond donors (Lipinski definition) is 3. The zero-order chi connectivity index (χ0) is 15.6. The normalized spacial score (nSPS) is 16.3. The summed E-state index contributed by atoms with van der Waals surface area (Å²) in [5, 5.41) is 11.7. The van der Waals surface area contributed by atoms with Crippen molar-refractivity contribution in [3.63, 3.8) is 0 Å². The van der Waals surface area contributed by atoms with Crippen LogP contribution in [0.3, 0.4) is 0 Å². The van der Waals surface area contributed by atoms with Crippen LogP contribution < -0.4 is 10.0 Å². The van der Waals surface area contributed by atoms with Crippen LogP contribution in [0.1, 0.15) is 0 Å². The fraction of sp³-hybridized carbons (Fsp3) is 0.364. The number of aliphatic imine (C=N–C) groups is 1. The van der Waals surface area contributed by atoms with E-state index in [4.69, 9.17) is 5.11 Å². The Morgan fingerprint density at radius 1 is 1.41 bits per heavy atom. The van der Waals surface area contributed by atoms with E-state index in [0.29, 0.717) is 30.9 Å². The minimum Gasteiger partial charge on any atom is -0.395 e. The molecule has 0 fully saturated rings. The van der Waals surface area contributed by atoms with E-state index in [1.807, 2.05) is 4.90 Å². The summed E-state index contributed by atoms with van der Waals surface area (Å²) in [6.07, 6.45) is 0. The Bertz CT molecular complexity index is 803. The van der Waals surface area contributed by atoms with Gasteiger partial charge in [-0.2, -0.15) is 8.75 Å². The molecule has 22 heavy (non-hydrogen) atoms. The number of aliphatic hydroxyl groups excluding tert-OH is 1. The predicted octanol–water partition coefficient (Wildman–Crippen LogP) is -0.862. The molecule has 1 aliphatic rings. The van der Waals surface area contributed by atoms with E-state index in [0.717, 1.165) is 11.7 Å². The lowest BCUT2D eigenvalue weighted by Gasteiger charge is -2.26. The molecule has 0 saturated heterocycles. The van der Waals surface area contributed by atoms with E-state index in [1.165, 1.54) is 6.07 Å². The van der Waals surface area contributed by atoms with Gasteiger partial charge < -0.3 is 10.4 Å². The van der Waals surface area contributed by atoms with Gasteiger partial charge in [0, 0.05) is 6.54 Å². The number of hydrogen-bond acceptors (Lipinski definition) is 9. The van der Waals surface area contributed by atoms with Crippen LogP contribution in [0.2, 0.25) is 0 Å². The summed E-state index contributed by atoms with van der Waals surface area (Å²) in [5.41, 5.74) is 0.888. The molecule has 3 rings (SSSR count). The Morgan fingerprint density at radius 3 is 3.00 bits per heavy atom. The first kappa shape index (κ1) is 15.1. The lowest BCUT2D eigenvalue weighted by atomic mass is 10.3. The van der Waals surface area contributed by atoms with E-state index in [1.54, 1.807) is 12.1 Å². The van der Waals surface area contributed by atoms with Gasteiger partial charge in [-0.3, -0.25) is 4.90 Å². The third-order valence-electron chi connectivity index (χ3n) is 3.08. The Hall–Kier alpha value is -1.82. The minimum atomic E-state index is -3.79. The van der Waals surface area contributed by atoms with Gasteiger partial charge in [0.1, 0.15) is 15.9 Å². The van der Waals surface area contributed by atoms with Crippen LogP contribution in [0, 0.1) is 0 Å². The summed E-state index contributed by atoms with van der Waals surface area (Å²) < 4.78 is 35.4. The van der Waals surface area contributed by atoms with Crippen LogP contribution in [-0.4, -0.2) is 59.6 Å². The lowest BCUT2D eigenvalue weighted by molar-refractivity contribution is 0.190. The molecule has 0 bridgehead atoms. The maximum atomic E-state index is 12.5. The highest BCUT2D eigenvalue weighted by Crippen LogP contribution is 2.20. The highest BCUT2D eigenvalue weighted by atomic mass is 32.2. The summed E-state index contributed by atoms with van der Waals surface area (Å²) >= 11 is 0.967. The zero-order valence-electron chi connectivity index (χ0n) is 11.4. The number of nitrogens with zero attached hydrogens (tertiary/aromatic N) is 4. The Kier molecular flexibility index (Phi) is 4.20. The van der Waals surface area contributed by atoms with Crippen molar-refractivity contribution in [1.29, 1.82) is 0 Å². The summed E-state index contributed by atoms with van der Waals surface area (Å²) in [5.74, 6) is 0.175. The maximum Gasteiger partial charge on any atom is 0.266 e. The number of aliphatic hydroxyl groups is 1. The molecule has 2 heterocycles. The van der Waals surface area contributed by atoms with E-state index < -0.39 is 10.0 Å². The topological polar surface area (TPSA) is 120 Å². The molecule has 0 atom stereocenters. The molecule has 1 aliphatic heterocycles. The first-order chi connectivity index (χ1) is 10.6. The fourth-order valence-electron chi connectivity index (χ4n) is 2.00. The molecule has 1 aromatic heterocycles. The Balaban J connectivity index is 1.81. The average Bonchev–Trinajstić information content (AvgIpc) is 2.97. The van der Waals surface area contributed by atoms with Crippen LogP contribution in [-0.2, 0) is 10.0 Å². The third-order valence-corrected chi connectivity index (χ3v) is 5.00. The molecule has 0 amide bonds. The van der Waals surface area contributed by atoms with Crippen molar-refractivity contribution in [2.45, 2.75) is 4.90 Å². The number of aromatic nitrogens is 2. The maximum absolute atomic E-state index is 12.5. The second-order valence-electron chi connectivity index (χ2n) is 4.59. The van der Waals surface area contributed by atoms with Crippen molar-refractivity contribution >= 4 is 38.7 Å². The second kappa shape index (κ2) is 6.12. The highest BCUT2D eigenvalue weighted by Gasteiger charge is 2.22. The number of fused-ring (bicyclic) bond motifs is 1. The molecular formula is C11H14N6O3S2. The van der Waals surface area contributed by atoms with Gasteiger partial charge in [0.2, 0.25) is 5.96 Å². The lowest BCUT2D eigenvalue weighted by Crippen LogP contribution is -2.50. The summed E-state index contributed by atoms with van der Waals surface area (Å²) in [6.45, 7) is 1.22. The highest BCUT2D eigenvalue weighted by molar-refractivity contribution is 7.90. The number of sulfonamides is 1. The molecule has 0 saturated carbocycles. The van der Waals surface area contributed by atoms with Gasteiger partial charge >= 0.3 is 0 Å². The number of nitrogens with one attached hydrogen (secondary N) is 2. The summed E-state index contributed by atoms with van der Waals surface area (Å²) in [7, 11) is -3.79. The van der Waals surface area contributed by atoms with E-state index >= 15 is 0 Å². The van der Waals surface area contributed by atoms with Gasteiger partial charge in [-0.15, -0.1) is 0 Å². The Morgan fingerprint density at radius 2 is 2.27 bits per heavy atom. The number of guanidine groups is 1. The van der Waals surface area contributed by atoms with Crippen molar-refractivity contribution in [3.05, 3.63) is 18.2 Å². The van der Waals surface area contributed by atoms with Crippen LogP contribution in [0.25, 0.3) is 11.0 Å². The van der Waals surface area contributed by atoms with Gasteiger partial charge in [-0.25, -0.2) is 18.1 Å². The smallest absolute Gasteiger partial charge is 0.266 e. The average molecular weight is 342 g/mol. The van der Waals surface area contributed by atoms with Gasteiger partial charge in [-0.1, -0.05) is 6.07 Å². The second-order valence-corrected chi connectivity index (χ2v) is 6.77. The SMILES string of the molecule is O=S(=O)(NC1=NCN(CCO)CN1)c1cccc2nsnc12. The monoisotopic (exact) mass is 342 g/mol. The van der Waals surface area contributed by atoms with Crippen molar-refractivity contribution in [2.75, 3.05) is 26.5 Å². The zero-order valence-corrected chi connectivity index (χ0v) is 13.1. The molecule has 0 aliphatic carbocycles. The van der Waals surface area contributed by atoms with Crippen LogP contribution in [0.4, 0.5) is 0 Å². The quantitative estimate of drug-likeness (QED) is 0.661. The minimum absolute atomic E-state index is 0.0249. The molecule has 118 valence electrons. The molecule has 3 N–H and O–H groups in total. The molecule has 1 aromatic carbocycles. The molecule has 11 heteroatoms. The molecule has 0 radical (unpaired) electrons. The van der Waals surface area contributed by atoms with Crippen molar-refractivity contribution in [3.8, 4) is 0 Å². The van der Waals surface area contributed by atoms with Gasteiger partial charge in [0.15, 0.2) is 0 Å². The summed E-state index contributed by atoms with van der Waals surface area (Å²) in [6, 6.07) is 4.81. The molecule has 0 unspecified atom stereocenters. The largest absolute Gasteiger partial charge is 0.395 e. The van der Waals surface area contributed by atoms with Gasteiger partial charge in [0.05, 0.1) is 31.7 Å². The predicted molar refractivity (Wildman–Crippen MR) is 81.8 cm³/mol. The van der Waals surface area contributed by atoms with E-state index in [2.05, 4.69) is 23.8 Å². The van der Waals surface area contributed by atoms with Crippen LogP contribution in [0.15, 0.2) is 28.1 Å². The van der Waals surface area contributed by atoms with E-state index in [9.17, 15) is 8.42 Å². The molecule has 2 aromatic rings. The number of β-amino-alcohol motifs (C(OH)–C–C–N with tert-alkyl or cyclic N) is 1. The van der Waals surface area contributed by atoms with Crippen molar-refractivity contribution in [2.24, 2.45) is 4.99 Å². The Labute approximate surface area is 131 Å². The van der Waals surface area contributed by atoms with E-state index in [-0.39, 0.29) is 17.5 Å². The fourth-order valence-corrected chi connectivity index (χ4v) is 3.77. The number of rotatable bonds is 4. The first-order valence-electron chi connectivity index (χ1n) is 6.46. The molecular weight excluding hydrogens is 328 g/mol. The molecule has 0 spiro atoms. The summed E-state index contributed by atoms with van der Waals surface area (Å²) in [4.78, 5) is 6.01. The first-order valence-corrected chi connectivity index (χ1v) is 8.67. The van der Waals surface area contributed by atoms with Crippen LogP contribution >= 0.6 is 11.7 Å². The molecule has 9 nitrogen and oxygen atoms in total. The van der Waals surface area contributed by atoms with Crippen molar-refractivity contribution in [1.82, 2.24) is 23.7 Å². The third kappa shape index (κ3) is 3.02. The van der Waals surface area contributed by atoms with Gasteiger partial charge in [0.25, 0.3) is 10.0 Å². The standard InChI is InChI=1S/C11H14N6O3S2/c18-5-4-17-6-12-11(13-7-17)16-22(19,20)9-3-1-2-8-10(9)15-21-14-8/h1-3,18H,4-7H2,(H2,12,13,16).